The standard InChI is InChI=1S/C19H19N5O/c1-13-6-7-14(2)17(9-13)24-19-22-10-15(11-23-19)18(25)21-12-16-5-3-4-8-20-16/h3-11H,12H2,1-2H3,(H,21,25)(H,22,23,24). The minimum atomic E-state index is -0.232. The topological polar surface area (TPSA) is 79.8 Å². The van der Waals surface area contributed by atoms with E-state index in [1.54, 1.807) is 6.20 Å². The fourth-order valence-electron chi connectivity index (χ4n) is 2.28. The van der Waals surface area contributed by atoms with Gasteiger partial charge in [0.1, 0.15) is 0 Å². The van der Waals surface area contributed by atoms with Crippen LogP contribution in [-0.4, -0.2) is 20.9 Å². The number of anilines is 2. The van der Waals surface area contributed by atoms with Gasteiger partial charge in [-0.1, -0.05) is 18.2 Å². The van der Waals surface area contributed by atoms with E-state index in [2.05, 4.69) is 31.7 Å². The van der Waals surface area contributed by atoms with Gasteiger partial charge >= 0.3 is 0 Å². The fraction of sp³-hybridized carbons (Fsp3) is 0.158. The third-order valence-electron chi connectivity index (χ3n) is 3.71. The maximum absolute atomic E-state index is 12.1. The van der Waals surface area contributed by atoms with E-state index in [1.807, 2.05) is 44.2 Å². The molecule has 2 heterocycles. The Morgan fingerprint density at radius 2 is 1.84 bits per heavy atom. The third-order valence-corrected chi connectivity index (χ3v) is 3.71. The number of aryl methyl sites for hydroxylation is 2. The molecule has 0 unspecified atom stereocenters. The van der Waals surface area contributed by atoms with E-state index in [1.165, 1.54) is 12.4 Å². The molecule has 0 bridgehead atoms. The number of aromatic nitrogens is 3. The summed E-state index contributed by atoms with van der Waals surface area (Å²) >= 11 is 0. The van der Waals surface area contributed by atoms with Gasteiger partial charge in [0.05, 0.1) is 17.8 Å². The normalized spacial score (nSPS) is 10.3. The number of amides is 1. The van der Waals surface area contributed by atoms with Crippen LogP contribution in [0.15, 0.2) is 55.0 Å². The second kappa shape index (κ2) is 7.53. The molecule has 2 aromatic heterocycles. The van der Waals surface area contributed by atoms with E-state index >= 15 is 0 Å². The van der Waals surface area contributed by atoms with E-state index in [9.17, 15) is 4.79 Å². The van der Waals surface area contributed by atoms with Crippen molar-refractivity contribution >= 4 is 17.5 Å². The maximum Gasteiger partial charge on any atom is 0.254 e. The first kappa shape index (κ1) is 16.6. The Bertz CT molecular complexity index is 863. The van der Waals surface area contributed by atoms with Gasteiger partial charge in [-0.05, 0) is 43.2 Å². The number of hydrogen-bond acceptors (Lipinski definition) is 5. The zero-order valence-corrected chi connectivity index (χ0v) is 14.2. The number of hydrogen-bond donors (Lipinski definition) is 2. The van der Waals surface area contributed by atoms with Gasteiger partial charge in [-0.3, -0.25) is 9.78 Å². The van der Waals surface area contributed by atoms with Crippen molar-refractivity contribution in [1.82, 2.24) is 20.3 Å². The number of benzene rings is 1. The van der Waals surface area contributed by atoms with E-state index in [4.69, 9.17) is 0 Å². The molecule has 1 amide bonds. The van der Waals surface area contributed by atoms with Crippen molar-refractivity contribution < 1.29 is 4.79 Å². The van der Waals surface area contributed by atoms with Gasteiger partial charge in [-0.2, -0.15) is 0 Å². The molecular weight excluding hydrogens is 314 g/mol. The molecule has 0 aliphatic heterocycles. The second-order valence-corrected chi connectivity index (χ2v) is 5.74. The van der Waals surface area contributed by atoms with Gasteiger partial charge in [-0.25, -0.2) is 9.97 Å². The molecule has 6 heteroatoms. The van der Waals surface area contributed by atoms with Crippen molar-refractivity contribution in [2.45, 2.75) is 20.4 Å². The largest absolute Gasteiger partial charge is 0.346 e. The molecule has 25 heavy (non-hydrogen) atoms. The minimum Gasteiger partial charge on any atom is -0.346 e. The molecule has 0 radical (unpaired) electrons. The summed E-state index contributed by atoms with van der Waals surface area (Å²) in [6, 6.07) is 11.7. The van der Waals surface area contributed by atoms with Gasteiger partial charge in [0, 0.05) is 24.3 Å². The Morgan fingerprint density at radius 1 is 1.04 bits per heavy atom. The monoisotopic (exact) mass is 333 g/mol. The summed E-state index contributed by atoms with van der Waals surface area (Å²) in [6.07, 6.45) is 4.71. The molecule has 1 aromatic carbocycles. The van der Waals surface area contributed by atoms with Gasteiger partial charge < -0.3 is 10.6 Å². The summed E-state index contributed by atoms with van der Waals surface area (Å²) in [4.78, 5) is 24.8. The SMILES string of the molecule is Cc1ccc(C)c(Nc2ncc(C(=O)NCc3ccccn3)cn2)c1. The number of carbonyl (C=O) groups is 1. The van der Waals surface area contributed by atoms with Crippen molar-refractivity contribution in [3.8, 4) is 0 Å². The van der Waals surface area contributed by atoms with Crippen molar-refractivity contribution in [2.24, 2.45) is 0 Å². The molecule has 126 valence electrons. The van der Waals surface area contributed by atoms with Crippen LogP contribution in [0.3, 0.4) is 0 Å². The molecule has 0 saturated heterocycles. The van der Waals surface area contributed by atoms with E-state index in [0.717, 1.165) is 22.5 Å². The molecule has 0 aliphatic carbocycles. The lowest BCUT2D eigenvalue weighted by molar-refractivity contribution is 0.0949. The minimum absolute atomic E-state index is 0.232. The van der Waals surface area contributed by atoms with E-state index in [-0.39, 0.29) is 5.91 Å². The first-order valence-corrected chi connectivity index (χ1v) is 7.96. The lowest BCUT2D eigenvalue weighted by atomic mass is 10.1. The van der Waals surface area contributed by atoms with Crippen LogP contribution in [0.25, 0.3) is 0 Å². The second-order valence-electron chi connectivity index (χ2n) is 5.74. The van der Waals surface area contributed by atoms with Crippen LogP contribution >= 0.6 is 0 Å². The van der Waals surface area contributed by atoms with Crippen molar-refractivity contribution in [2.75, 3.05) is 5.32 Å². The molecule has 6 nitrogen and oxygen atoms in total. The molecule has 0 atom stereocenters. The van der Waals surface area contributed by atoms with Crippen molar-refractivity contribution in [1.29, 1.82) is 0 Å². The van der Waals surface area contributed by atoms with Crippen LogP contribution in [0.1, 0.15) is 27.2 Å². The molecule has 0 spiro atoms. The lowest BCUT2D eigenvalue weighted by Crippen LogP contribution is -2.23. The maximum atomic E-state index is 12.1. The Hall–Kier alpha value is -3.28. The Kier molecular flexibility index (Phi) is 4.99. The summed E-state index contributed by atoms with van der Waals surface area (Å²) in [5.41, 5.74) is 4.41. The molecular formula is C19H19N5O. The third kappa shape index (κ3) is 4.38. The average molecular weight is 333 g/mol. The first-order valence-electron chi connectivity index (χ1n) is 7.96. The molecule has 0 aliphatic rings. The van der Waals surface area contributed by atoms with Crippen LogP contribution in [0.4, 0.5) is 11.6 Å². The zero-order valence-electron chi connectivity index (χ0n) is 14.2. The Labute approximate surface area is 146 Å². The lowest BCUT2D eigenvalue weighted by Gasteiger charge is -2.09. The van der Waals surface area contributed by atoms with Crippen LogP contribution < -0.4 is 10.6 Å². The highest BCUT2D eigenvalue weighted by Gasteiger charge is 2.08. The Morgan fingerprint density at radius 3 is 2.56 bits per heavy atom. The van der Waals surface area contributed by atoms with Crippen LogP contribution in [0.2, 0.25) is 0 Å². The molecule has 3 aromatic rings. The Balaban J connectivity index is 1.63. The highest BCUT2D eigenvalue weighted by Crippen LogP contribution is 2.19. The number of pyridine rings is 1. The van der Waals surface area contributed by atoms with E-state index < -0.39 is 0 Å². The predicted octanol–water partition coefficient (Wildman–Crippen LogP) is 3.16. The van der Waals surface area contributed by atoms with E-state index in [0.29, 0.717) is 18.1 Å². The van der Waals surface area contributed by atoms with Gasteiger partial charge in [0.15, 0.2) is 0 Å². The smallest absolute Gasteiger partial charge is 0.254 e. The summed E-state index contributed by atoms with van der Waals surface area (Å²) < 4.78 is 0. The van der Waals surface area contributed by atoms with Gasteiger partial charge in [0.25, 0.3) is 5.91 Å². The summed E-state index contributed by atoms with van der Waals surface area (Å²) in [5, 5.41) is 5.97. The number of nitrogens with one attached hydrogen (secondary N) is 2. The molecule has 0 saturated carbocycles. The number of nitrogens with zero attached hydrogens (tertiary/aromatic N) is 3. The van der Waals surface area contributed by atoms with Crippen LogP contribution in [0.5, 0.6) is 0 Å². The number of carbonyl (C=O) groups excluding carboxylic acids is 1. The summed E-state index contributed by atoms with van der Waals surface area (Å²) in [7, 11) is 0. The van der Waals surface area contributed by atoms with Gasteiger partial charge in [-0.15, -0.1) is 0 Å². The number of rotatable bonds is 5. The van der Waals surface area contributed by atoms with Gasteiger partial charge in [0.2, 0.25) is 5.95 Å². The first-order chi connectivity index (χ1) is 12.1. The quantitative estimate of drug-likeness (QED) is 0.750. The summed E-state index contributed by atoms with van der Waals surface area (Å²) in [5.74, 6) is 0.221. The van der Waals surface area contributed by atoms with Crippen molar-refractivity contribution in [3.05, 3.63) is 77.4 Å². The van der Waals surface area contributed by atoms with Crippen LogP contribution in [0, 0.1) is 13.8 Å². The fourth-order valence-corrected chi connectivity index (χ4v) is 2.28. The molecule has 2 N–H and O–H groups in total. The summed E-state index contributed by atoms with van der Waals surface area (Å²) in [6.45, 7) is 4.41. The highest BCUT2D eigenvalue weighted by molar-refractivity contribution is 5.93. The van der Waals surface area contributed by atoms with Crippen molar-refractivity contribution in [3.63, 3.8) is 0 Å². The molecule has 3 rings (SSSR count). The molecule has 0 fully saturated rings. The highest BCUT2D eigenvalue weighted by atomic mass is 16.1. The zero-order chi connectivity index (χ0) is 17.6. The predicted molar refractivity (Wildman–Crippen MR) is 96.6 cm³/mol. The average Bonchev–Trinajstić information content (AvgIpc) is 2.64. The van der Waals surface area contributed by atoms with Crippen LogP contribution in [-0.2, 0) is 6.54 Å².